The van der Waals surface area contributed by atoms with Gasteiger partial charge in [0.05, 0.1) is 6.10 Å². The van der Waals surface area contributed by atoms with E-state index in [0.29, 0.717) is 0 Å². The highest BCUT2D eigenvalue weighted by atomic mass is 35.5. The zero-order valence-electron chi connectivity index (χ0n) is 4.65. The maximum Gasteiger partial charge on any atom is 0.303 e. The van der Waals surface area contributed by atoms with Gasteiger partial charge in [-0.2, -0.15) is 4.21 Å². The topological polar surface area (TPSA) is 66.8 Å². The summed E-state index contributed by atoms with van der Waals surface area (Å²) in [4.78, 5) is 0. The molecule has 0 aliphatic carbocycles. The molecule has 0 heterocycles. The summed E-state index contributed by atoms with van der Waals surface area (Å²) < 4.78 is 21.9. The number of hydrogen-bond donors (Lipinski definition) is 2. The second kappa shape index (κ2) is 4.19. The zero-order chi connectivity index (χ0) is 7.44. The van der Waals surface area contributed by atoms with Crippen LogP contribution in [0.4, 0.5) is 0 Å². The third-order valence-corrected chi connectivity index (χ3v) is 1.48. The van der Waals surface area contributed by atoms with E-state index >= 15 is 0 Å². The number of halogens is 1. The lowest BCUT2D eigenvalue weighted by molar-refractivity contribution is 0.0995. The summed E-state index contributed by atoms with van der Waals surface area (Å²) in [5, 5.41) is 8.57. The first kappa shape index (κ1) is 9.32. The molecule has 0 aromatic rings. The van der Waals surface area contributed by atoms with Gasteiger partial charge in [-0.05, 0) is 6.92 Å². The third-order valence-electron chi connectivity index (χ3n) is 0.554. The van der Waals surface area contributed by atoms with Crippen LogP contribution in [-0.2, 0) is 15.5 Å². The quantitative estimate of drug-likeness (QED) is 0.470. The molecule has 56 valence electrons. The van der Waals surface area contributed by atoms with Crippen LogP contribution in [0.3, 0.4) is 0 Å². The van der Waals surface area contributed by atoms with Crippen LogP contribution in [0.25, 0.3) is 0 Å². The minimum Gasteiger partial charge on any atom is -0.389 e. The molecular weight excluding hydrogens is 168 g/mol. The molecule has 6 heteroatoms. The summed E-state index contributed by atoms with van der Waals surface area (Å²) in [6.07, 6.45) is -0.956. The van der Waals surface area contributed by atoms with E-state index in [-0.39, 0.29) is 0 Å². The molecule has 0 aliphatic heterocycles. The van der Waals surface area contributed by atoms with E-state index in [9.17, 15) is 4.21 Å². The van der Waals surface area contributed by atoms with E-state index in [1.807, 2.05) is 0 Å². The summed E-state index contributed by atoms with van der Waals surface area (Å²) in [6, 6.07) is 0. The van der Waals surface area contributed by atoms with Gasteiger partial charge in [-0.3, -0.25) is 4.55 Å². The standard InChI is InChI=1S/C3H7ClO4S/c1-2(5)3(4)8-9(6)7/h2-3,5H,1H3,(H,6,7). The van der Waals surface area contributed by atoms with Crippen LogP contribution < -0.4 is 0 Å². The fraction of sp³-hybridized carbons (Fsp3) is 1.00. The van der Waals surface area contributed by atoms with Crippen LogP contribution in [0.1, 0.15) is 6.92 Å². The smallest absolute Gasteiger partial charge is 0.303 e. The van der Waals surface area contributed by atoms with Gasteiger partial charge in [0.2, 0.25) is 0 Å². The first-order valence-electron chi connectivity index (χ1n) is 2.14. The van der Waals surface area contributed by atoms with Gasteiger partial charge in [0.1, 0.15) is 0 Å². The van der Waals surface area contributed by atoms with Gasteiger partial charge in [0.25, 0.3) is 0 Å². The molecule has 0 aliphatic rings. The van der Waals surface area contributed by atoms with Crippen LogP contribution in [0, 0.1) is 0 Å². The molecule has 0 spiro atoms. The van der Waals surface area contributed by atoms with Crippen LogP contribution in [0.2, 0.25) is 0 Å². The highest BCUT2D eigenvalue weighted by molar-refractivity contribution is 7.74. The number of alkyl halides is 1. The Kier molecular flexibility index (Phi) is 4.33. The zero-order valence-corrected chi connectivity index (χ0v) is 6.22. The molecule has 0 bridgehead atoms. The molecule has 0 saturated carbocycles. The summed E-state index contributed by atoms with van der Waals surface area (Å²) in [5.41, 5.74) is -1.13. The Balaban J connectivity index is 3.50. The Morgan fingerprint density at radius 1 is 1.78 bits per heavy atom. The molecule has 9 heavy (non-hydrogen) atoms. The van der Waals surface area contributed by atoms with Crippen LogP contribution in [0.5, 0.6) is 0 Å². The average Bonchev–Trinajstić information content (AvgIpc) is 1.63. The van der Waals surface area contributed by atoms with Crippen molar-refractivity contribution in [3.63, 3.8) is 0 Å². The van der Waals surface area contributed by atoms with Crippen LogP contribution in [-0.4, -0.2) is 25.5 Å². The van der Waals surface area contributed by atoms with E-state index in [2.05, 4.69) is 4.18 Å². The fourth-order valence-electron chi connectivity index (χ4n) is 0.159. The second-order valence-electron chi connectivity index (χ2n) is 1.41. The first-order chi connectivity index (χ1) is 4.04. The lowest BCUT2D eigenvalue weighted by Gasteiger charge is -2.08. The largest absolute Gasteiger partial charge is 0.389 e. The number of aliphatic hydroxyl groups is 1. The third kappa shape index (κ3) is 4.80. The van der Waals surface area contributed by atoms with Gasteiger partial charge in [-0.25, -0.2) is 4.18 Å². The van der Waals surface area contributed by atoms with Crippen molar-refractivity contribution < 1.29 is 18.1 Å². The van der Waals surface area contributed by atoms with E-state index in [4.69, 9.17) is 21.3 Å². The Morgan fingerprint density at radius 3 is 2.33 bits per heavy atom. The van der Waals surface area contributed by atoms with E-state index in [1.165, 1.54) is 6.92 Å². The van der Waals surface area contributed by atoms with Crippen molar-refractivity contribution in [1.29, 1.82) is 0 Å². The molecule has 0 radical (unpaired) electrons. The van der Waals surface area contributed by atoms with Crippen molar-refractivity contribution in [2.75, 3.05) is 0 Å². The van der Waals surface area contributed by atoms with Crippen molar-refractivity contribution in [3.05, 3.63) is 0 Å². The minimum atomic E-state index is -2.41. The Hall–Kier alpha value is 0.320. The summed E-state index contributed by atoms with van der Waals surface area (Å²) in [6.45, 7) is 1.35. The predicted molar refractivity (Wildman–Crippen MR) is 33.2 cm³/mol. The maximum atomic E-state index is 9.81. The molecule has 3 unspecified atom stereocenters. The molecule has 0 amide bonds. The van der Waals surface area contributed by atoms with E-state index in [0.717, 1.165) is 0 Å². The van der Waals surface area contributed by atoms with Gasteiger partial charge < -0.3 is 5.11 Å². The van der Waals surface area contributed by atoms with Crippen LogP contribution in [0.15, 0.2) is 0 Å². The molecule has 2 N–H and O–H groups in total. The predicted octanol–water partition coefficient (Wildman–Crippen LogP) is 0.0854. The molecule has 0 aromatic heterocycles. The summed E-state index contributed by atoms with van der Waals surface area (Å²) >= 11 is 2.78. The highest BCUT2D eigenvalue weighted by Gasteiger charge is 2.13. The Labute approximate surface area is 60.3 Å². The monoisotopic (exact) mass is 174 g/mol. The minimum absolute atomic E-state index is 0.956. The van der Waals surface area contributed by atoms with Crippen molar-refractivity contribution in [3.8, 4) is 0 Å². The lowest BCUT2D eigenvalue weighted by atomic mass is 10.4. The van der Waals surface area contributed by atoms with E-state index < -0.39 is 23.0 Å². The summed E-state index contributed by atoms with van der Waals surface area (Å²) in [5.74, 6) is 0. The van der Waals surface area contributed by atoms with Gasteiger partial charge in [0.15, 0.2) is 5.56 Å². The molecule has 4 nitrogen and oxygen atoms in total. The first-order valence-corrected chi connectivity index (χ1v) is 3.61. The van der Waals surface area contributed by atoms with Crippen molar-refractivity contribution in [1.82, 2.24) is 0 Å². The molecule has 3 atom stereocenters. The second-order valence-corrected chi connectivity index (χ2v) is 2.46. The van der Waals surface area contributed by atoms with Crippen LogP contribution >= 0.6 is 11.6 Å². The number of rotatable bonds is 3. The molecule has 0 saturated heterocycles. The normalized spacial score (nSPS) is 20.9. The van der Waals surface area contributed by atoms with Crippen molar-refractivity contribution >= 4 is 23.0 Å². The molecule has 0 rings (SSSR count). The van der Waals surface area contributed by atoms with Gasteiger partial charge >= 0.3 is 11.4 Å². The SMILES string of the molecule is CC(O)C(Cl)OS(=O)O. The van der Waals surface area contributed by atoms with Gasteiger partial charge in [0, 0.05) is 0 Å². The van der Waals surface area contributed by atoms with Crippen molar-refractivity contribution in [2.45, 2.75) is 18.6 Å². The molecule has 0 fully saturated rings. The number of aliphatic hydroxyl groups excluding tert-OH is 1. The fourth-order valence-corrected chi connectivity index (χ4v) is 0.664. The van der Waals surface area contributed by atoms with Gasteiger partial charge in [-0.1, -0.05) is 11.6 Å². The number of hydrogen-bond acceptors (Lipinski definition) is 3. The molecule has 0 aromatic carbocycles. The average molecular weight is 175 g/mol. The highest BCUT2D eigenvalue weighted by Crippen LogP contribution is 2.04. The summed E-state index contributed by atoms with van der Waals surface area (Å²) in [7, 11) is 0. The van der Waals surface area contributed by atoms with Crippen molar-refractivity contribution in [2.24, 2.45) is 0 Å². The Morgan fingerprint density at radius 2 is 2.22 bits per heavy atom. The van der Waals surface area contributed by atoms with E-state index in [1.54, 1.807) is 0 Å². The van der Waals surface area contributed by atoms with Gasteiger partial charge in [-0.15, -0.1) is 0 Å². The maximum absolute atomic E-state index is 9.81. The Bertz CT molecular complexity index is 106. The molecular formula is C3H7ClO4S. The lowest BCUT2D eigenvalue weighted by Crippen LogP contribution is -2.20.